The molecule has 0 N–H and O–H groups in total. The van der Waals surface area contributed by atoms with E-state index in [1.54, 1.807) is 0 Å². The van der Waals surface area contributed by atoms with Gasteiger partial charge in [-0.25, -0.2) is 0 Å². The summed E-state index contributed by atoms with van der Waals surface area (Å²) in [5.74, 6) is 1.72. The van der Waals surface area contributed by atoms with Gasteiger partial charge in [-0.05, 0) is 30.0 Å². The summed E-state index contributed by atoms with van der Waals surface area (Å²) < 4.78 is 5.70. The molecule has 0 aliphatic heterocycles. The molecule has 1 aromatic rings. The van der Waals surface area contributed by atoms with Gasteiger partial charge in [0.15, 0.2) is 0 Å². The normalized spacial score (nSPS) is 11.7. The molecule has 0 aliphatic carbocycles. The minimum atomic E-state index is -0.244. The molecule has 0 heterocycles. The number of benzene rings is 1. The topological polar surface area (TPSA) is 26.3 Å². The molecular weight excluding hydrogens is 236 g/mol. The molecule has 2 nitrogen and oxygen atoms in total. The first kappa shape index (κ1) is 15.7. The molecule has 0 amide bonds. The van der Waals surface area contributed by atoms with E-state index in [9.17, 15) is 4.79 Å². The van der Waals surface area contributed by atoms with Gasteiger partial charge in [0, 0.05) is 11.8 Å². The Labute approximate surface area is 117 Å². The lowest BCUT2D eigenvalue weighted by Gasteiger charge is -2.16. The Balaban J connectivity index is 2.55. The monoisotopic (exact) mass is 262 g/mol. The molecule has 0 atom stereocenters. The molecule has 1 rings (SSSR count). The molecule has 0 bridgehead atoms. The van der Waals surface area contributed by atoms with Gasteiger partial charge in [0.1, 0.15) is 11.5 Å². The lowest BCUT2D eigenvalue weighted by molar-refractivity contribution is -0.126. The van der Waals surface area contributed by atoms with Crippen LogP contribution in [0.2, 0.25) is 0 Å². The molecule has 2 heteroatoms. The van der Waals surface area contributed by atoms with Crippen molar-refractivity contribution >= 4 is 5.78 Å². The van der Waals surface area contributed by atoms with Crippen LogP contribution in [0.3, 0.4) is 0 Å². The van der Waals surface area contributed by atoms with Gasteiger partial charge in [-0.2, -0.15) is 0 Å². The Bertz CT molecular complexity index is 414. The van der Waals surface area contributed by atoms with E-state index in [2.05, 4.69) is 19.9 Å². The fourth-order valence-corrected chi connectivity index (χ4v) is 1.69. The SMILES string of the molecule is CC(C)COc1cccc(CCC(=O)C(C)(C)C)c1. The molecule has 0 saturated carbocycles. The number of hydrogen-bond acceptors (Lipinski definition) is 2. The van der Waals surface area contributed by atoms with Gasteiger partial charge in [-0.15, -0.1) is 0 Å². The van der Waals surface area contributed by atoms with E-state index in [1.807, 2.05) is 39.0 Å². The van der Waals surface area contributed by atoms with Crippen molar-refractivity contribution in [3.8, 4) is 5.75 Å². The highest BCUT2D eigenvalue weighted by Gasteiger charge is 2.20. The highest BCUT2D eigenvalue weighted by atomic mass is 16.5. The standard InChI is InChI=1S/C17H26O2/c1-13(2)12-19-15-8-6-7-14(11-15)9-10-16(18)17(3,4)5/h6-8,11,13H,9-10,12H2,1-5H3. The molecule has 0 aromatic heterocycles. The zero-order valence-corrected chi connectivity index (χ0v) is 12.8. The van der Waals surface area contributed by atoms with Crippen molar-refractivity contribution in [3.63, 3.8) is 0 Å². The van der Waals surface area contributed by atoms with Crippen LogP contribution in [0.1, 0.15) is 46.6 Å². The van der Waals surface area contributed by atoms with E-state index in [4.69, 9.17) is 4.74 Å². The van der Waals surface area contributed by atoms with E-state index in [0.29, 0.717) is 18.1 Å². The number of ketones is 1. The molecule has 19 heavy (non-hydrogen) atoms. The molecule has 0 saturated heterocycles. The second-order valence-electron chi connectivity index (χ2n) is 6.53. The van der Waals surface area contributed by atoms with Crippen molar-refractivity contribution in [2.24, 2.45) is 11.3 Å². The first-order valence-electron chi connectivity index (χ1n) is 7.04. The fraction of sp³-hybridized carbons (Fsp3) is 0.588. The van der Waals surface area contributed by atoms with Crippen molar-refractivity contribution in [2.45, 2.75) is 47.5 Å². The van der Waals surface area contributed by atoms with Gasteiger partial charge in [0.2, 0.25) is 0 Å². The second kappa shape index (κ2) is 6.74. The van der Waals surface area contributed by atoms with Crippen molar-refractivity contribution in [3.05, 3.63) is 29.8 Å². The van der Waals surface area contributed by atoms with Crippen LogP contribution in [0.5, 0.6) is 5.75 Å². The molecule has 1 aromatic carbocycles. The second-order valence-corrected chi connectivity index (χ2v) is 6.53. The number of rotatable bonds is 6. The third-order valence-electron chi connectivity index (χ3n) is 2.96. The van der Waals surface area contributed by atoms with Crippen molar-refractivity contribution < 1.29 is 9.53 Å². The van der Waals surface area contributed by atoms with E-state index in [0.717, 1.165) is 18.8 Å². The van der Waals surface area contributed by atoms with Crippen LogP contribution in [0.25, 0.3) is 0 Å². The maximum atomic E-state index is 11.9. The van der Waals surface area contributed by atoms with Crippen molar-refractivity contribution in [2.75, 3.05) is 6.61 Å². The highest BCUT2D eigenvalue weighted by Crippen LogP contribution is 2.20. The largest absolute Gasteiger partial charge is 0.493 e. The van der Waals surface area contributed by atoms with Gasteiger partial charge in [0.25, 0.3) is 0 Å². The fourth-order valence-electron chi connectivity index (χ4n) is 1.69. The Morgan fingerprint density at radius 1 is 1.26 bits per heavy atom. The van der Waals surface area contributed by atoms with E-state index >= 15 is 0 Å². The molecule has 0 radical (unpaired) electrons. The van der Waals surface area contributed by atoms with Crippen LogP contribution in [-0.4, -0.2) is 12.4 Å². The van der Waals surface area contributed by atoms with Gasteiger partial charge >= 0.3 is 0 Å². The molecule has 0 fully saturated rings. The highest BCUT2D eigenvalue weighted by molar-refractivity contribution is 5.83. The summed E-state index contributed by atoms with van der Waals surface area (Å²) in [5.41, 5.74) is 0.921. The number of carbonyl (C=O) groups is 1. The van der Waals surface area contributed by atoms with Crippen LogP contribution in [0.15, 0.2) is 24.3 Å². The predicted octanol–water partition coefficient (Wildman–Crippen LogP) is 4.27. The van der Waals surface area contributed by atoms with Crippen LogP contribution >= 0.6 is 0 Å². The number of ether oxygens (including phenoxy) is 1. The van der Waals surface area contributed by atoms with Crippen LogP contribution in [0.4, 0.5) is 0 Å². The summed E-state index contributed by atoms with van der Waals surface area (Å²) in [5, 5.41) is 0. The Morgan fingerprint density at radius 3 is 2.53 bits per heavy atom. The van der Waals surface area contributed by atoms with Gasteiger partial charge in [0.05, 0.1) is 6.61 Å². The minimum absolute atomic E-state index is 0.244. The maximum absolute atomic E-state index is 11.9. The van der Waals surface area contributed by atoms with Crippen molar-refractivity contribution in [1.82, 2.24) is 0 Å². The summed E-state index contributed by atoms with van der Waals surface area (Å²) in [6.07, 6.45) is 1.38. The zero-order chi connectivity index (χ0) is 14.5. The molecule has 0 spiro atoms. The number of Topliss-reactive ketones (excluding diaryl/α,β-unsaturated/α-hetero) is 1. The summed E-state index contributed by atoms with van der Waals surface area (Å²) in [6.45, 7) is 10.9. The lowest BCUT2D eigenvalue weighted by atomic mass is 9.87. The summed E-state index contributed by atoms with van der Waals surface area (Å²) >= 11 is 0. The summed E-state index contributed by atoms with van der Waals surface area (Å²) in [7, 11) is 0. The zero-order valence-electron chi connectivity index (χ0n) is 12.8. The quantitative estimate of drug-likeness (QED) is 0.765. The number of aryl methyl sites for hydroxylation is 1. The lowest BCUT2D eigenvalue weighted by Crippen LogP contribution is -2.20. The third kappa shape index (κ3) is 5.91. The van der Waals surface area contributed by atoms with Crippen LogP contribution in [0, 0.1) is 11.3 Å². The van der Waals surface area contributed by atoms with E-state index in [1.165, 1.54) is 5.56 Å². The van der Waals surface area contributed by atoms with Gasteiger partial charge < -0.3 is 4.74 Å². The first-order valence-corrected chi connectivity index (χ1v) is 7.04. The average molecular weight is 262 g/mol. The molecule has 0 unspecified atom stereocenters. The van der Waals surface area contributed by atoms with E-state index < -0.39 is 0 Å². The van der Waals surface area contributed by atoms with Gasteiger partial charge in [-0.1, -0.05) is 46.8 Å². The average Bonchev–Trinajstić information content (AvgIpc) is 2.32. The Kier molecular flexibility index (Phi) is 5.59. The number of carbonyl (C=O) groups excluding carboxylic acids is 1. The maximum Gasteiger partial charge on any atom is 0.138 e. The Hall–Kier alpha value is -1.31. The molecule has 106 valence electrons. The minimum Gasteiger partial charge on any atom is -0.493 e. The number of hydrogen-bond donors (Lipinski definition) is 0. The molecule has 0 aliphatic rings. The summed E-state index contributed by atoms with van der Waals surface area (Å²) in [6, 6.07) is 8.06. The Morgan fingerprint density at radius 2 is 1.95 bits per heavy atom. The smallest absolute Gasteiger partial charge is 0.138 e. The predicted molar refractivity (Wildman–Crippen MR) is 79.6 cm³/mol. The van der Waals surface area contributed by atoms with Crippen LogP contribution in [-0.2, 0) is 11.2 Å². The van der Waals surface area contributed by atoms with E-state index in [-0.39, 0.29) is 5.41 Å². The third-order valence-corrected chi connectivity index (χ3v) is 2.96. The van der Waals surface area contributed by atoms with Gasteiger partial charge in [-0.3, -0.25) is 4.79 Å². The first-order chi connectivity index (χ1) is 8.79. The summed E-state index contributed by atoms with van der Waals surface area (Å²) in [4.78, 5) is 11.9. The van der Waals surface area contributed by atoms with Crippen LogP contribution < -0.4 is 4.74 Å². The molecular formula is C17H26O2. The van der Waals surface area contributed by atoms with Crippen molar-refractivity contribution in [1.29, 1.82) is 0 Å².